The van der Waals surface area contributed by atoms with Crippen LogP contribution in [0, 0.1) is 0 Å². The molecule has 0 aliphatic rings. The van der Waals surface area contributed by atoms with Crippen molar-refractivity contribution in [1.82, 2.24) is 4.57 Å². The molecule has 4 heteroatoms. The molecule has 66 valence electrons. The third-order valence-electron chi connectivity index (χ3n) is 1.77. The molecule has 0 unspecified atom stereocenters. The van der Waals surface area contributed by atoms with E-state index in [1.165, 1.54) is 4.57 Å². The first kappa shape index (κ1) is 8.77. The highest BCUT2D eigenvalue weighted by molar-refractivity contribution is 5.79. The summed E-state index contributed by atoms with van der Waals surface area (Å²) in [5.74, 6) is -0.943. The third-order valence-corrected chi connectivity index (χ3v) is 1.77. The molecule has 0 bridgehead atoms. The van der Waals surface area contributed by atoms with E-state index in [0.29, 0.717) is 0 Å². The molecule has 0 atom stereocenters. The maximum absolute atomic E-state index is 10.7. The maximum Gasteiger partial charge on any atom is 0.304 e. The number of nitrogens with zero attached hydrogens (tertiary/aromatic N) is 2. The number of aromatic nitrogens is 2. The summed E-state index contributed by atoms with van der Waals surface area (Å²) in [7, 11) is 1.68. The number of hydrogen-bond acceptors (Lipinski definition) is 2. The smallest absolute Gasteiger partial charge is 0.304 e. The SMILES string of the molecule is CC(C)n1cc[n+](C)c1C(=O)[O-]. The summed E-state index contributed by atoms with van der Waals surface area (Å²) >= 11 is 0. The molecule has 0 aromatic carbocycles. The number of carbonyl (C=O) groups is 1. The Kier molecular flexibility index (Phi) is 2.17. The van der Waals surface area contributed by atoms with Crippen LogP contribution >= 0.6 is 0 Å². The van der Waals surface area contributed by atoms with Crippen molar-refractivity contribution in [2.45, 2.75) is 19.9 Å². The number of carbonyl (C=O) groups excluding carboxylic acids is 1. The first-order valence-corrected chi connectivity index (χ1v) is 3.82. The lowest BCUT2D eigenvalue weighted by atomic mass is 10.4. The molecular weight excluding hydrogens is 156 g/mol. The Morgan fingerprint density at radius 2 is 2.25 bits per heavy atom. The number of carboxylic acids is 1. The van der Waals surface area contributed by atoms with Gasteiger partial charge in [0.2, 0.25) is 0 Å². The van der Waals surface area contributed by atoms with Gasteiger partial charge in [-0.2, -0.15) is 0 Å². The Morgan fingerprint density at radius 3 is 2.58 bits per heavy atom. The van der Waals surface area contributed by atoms with E-state index in [1.807, 2.05) is 13.8 Å². The number of rotatable bonds is 2. The van der Waals surface area contributed by atoms with Crippen LogP contribution < -0.4 is 9.67 Å². The molecule has 1 aromatic heterocycles. The highest BCUT2D eigenvalue weighted by atomic mass is 16.4. The number of aryl methyl sites for hydroxylation is 1. The van der Waals surface area contributed by atoms with E-state index < -0.39 is 5.97 Å². The van der Waals surface area contributed by atoms with E-state index in [2.05, 4.69) is 0 Å². The van der Waals surface area contributed by atoms with Crippen molar-refractivity contribution in [1.29, 1.82) is 0 Å². The van der Waals surface area contributed by atoms with Crippen molar-refractivity contribution in [3.8, 4) is 0 Å². The predicted molar refractivity (Wildman–Crippen MR) is 40.3 cm³/mol. The Hall–Kier alpha value is -1.32. The standard InChI is InChI=1S/C8H12N2O2/c1-6(2)10-5-4-9(3)7(10)8(11)12/h4-6H,1-3H3. The van der Waals surface area contributed by atoms with Crippen LogP contribution in [0.5, 0.6) is 0 Å². The van der Waals surface area contributed by atoms with Gasteiger partial charge in [-0.1, -0.05) is 0 Å². The molecule has 0 fully saturated rings. The molecule has 0 aliphatic heterocycles. The van der Waals surface area contributed by atoms with Crippen LogP contribution in [-0.2, 0) is 7.05 Å². The van der Waals surface area contributed by atoms with Crippen LogP contribution in [0.1, 0.15) is 30.5 Å². The zero-order valence-corrected chi connectivity index (χ0v) is 7.44. The van der Waals surface area contributed by atoms with Gasteiger partial charge in [0, 0.05) is 0 Å². The van der Waals surface area contributed by atoms with Gasteiger partial charge in [-0.15, -0.1) is 0 Å². The second-order valence-corrected chi connectivity index (χ2v) is 3.02. The topological polar surface area (TPSA) is 48.9 Å². The number of hydrogen-bond donors (Lipinski definition) is 0. The van der Waals surface area contributed by atoms with Crippen molar-refractivity contribution < 1.29 is 14.5 Å². The minimum atomic E-state index is -1.14. The van der Waals surface area contributed by atoms with Crippen LogP contribution in [0.4, 0.5) is 0 Å². The van der Waals surface area contributed by atoms with Gasteiger partial charge in [0.05, 0.1) is 13.1 Å². The largest absolute Gasteiger partial charge is 0.538 e. The highest BCUT2D eigenvalue weighted by Gasteiger charge is 2.17. The zero-order chi connectivity index (χ0) is 9.30. The molecule has 0 spiro atoms. The quantitative estimate of drug-likeness (QED) is 0.546. The normalized spacial score (nSPS) is 10.7. The molecule has 4 nitrogen and oxygen atoms in total. The summed E-state index contributed by atoms with van der Waals surface area (Å²) in [6.45, 7) is 3.85. The van der Waals surface area contributed by atoms with Crippen LogP contribution in [0.15, 0.2) is 12.4 Å². The van der Waals surface area contributed by atoms with E-state index in [9.17, 15) is 9.90 Å². The second kappa shape index (κ2) is 2.97. The summed E-state index contributed by atoms with van der Waals surface area (Å²) < 4.78 is 3.20. The summed E-state index contributed by atoms with van der Waals surface area (Å²) in [5.41, 5.74) is 0. The lowest BCUT2D eigenvalue weighted by Crippen LogP contribution is -2.41. The van der Waals surface area contributed by atoms with Crippen molar-refractivity contribution in [2.75, 3.05) is 0 Å². The van der Waals surface area contributed by atoms with Crippen molar-refractivity contribution >= 4 is 5.97 Å². The predicted octanol–water partition coefficient (Wildman–Crippen LogP) is -0.743. The molecule has 1 rings (SSSR count). The van der Waals surface area contributed by atoms with Gasteiger partial charge >= 0.3 is 5.82 Å². The summed E-state index contributed by atoms with van der Waals surface area (Å²) in [6.07, 6.45) is 3.43. The molecule has 0 amide bonds. The van der Waals surface area contributed by atoms with Crippen LogP contribution in [0.2, 0.25) is 0 Å². The van der Waals surface area contributed by atoms with E-state index in [1.54, 1.807) is 24.0 Å². The van der Waals surface area contributed by atoms with Gasteiger partial charge < -0.3 is 9.90 Å². The maximum atomic E-state index is 10.7. The van der Waals surface area contributed by atoms with Crippen LogP contribution in [0.3, 0.4) is 0 Å². The minimum absolute atomic E-state index is 0.138. The monoisotopic (exact) mass is 168 g/mol. The first-order valence-electron chi connectivity index (χ1n) is 3.82. The number of carboxylic acid groups (broad SMARTS) is 1. The zero-order valence-electron chi connectivity index (χ0n) is 7.44. The highest BCUT2D eigenvalue weighted by Crippen LogP contribution is 2.04. The van der Waals surface area contributed by atoms with Gasteiger partial charge in [0.1, 0.15) is 12.4 Å². The number of aromatic carboxylic acids is 1. The Bertz CT molecular complexity index is 302. The van der Waals surface area contributed by atoms with Gasteiger partial charge in [-0.05, 0) is 13.8 Å². The van der Waals surface area contributed by atoms with E-state index in [-0.39, 0.29) is 11.9 Å². The fraction of sp³-hybridized carbons (Fsp3) is 0.500. The molecule has 0 aliphatic carbocycles. The van der Waals surface area contributed by atoms with Gasteiger partial charge in [0.15, 0.2) is 5.97 Å². The van der Waals surface area contributed by atoms with Gasteiger partial charge in [0.25, 0.3) is 0 Å². The van der Waals surface area contributed by atoms with Crippen molar-refractivity contribution in [3.63, 3.8) is 0 Å². The molecule has 1 aromatic rings. The fourth-order valence-electron chi connectivity index (χ4n) is 1.16. The summed E-state index contributed by atoms with van der Waals surface area (Å²) in [6, 6.07) is 0.138. The van der Waals surface area contributed by atoms with Crippen LogP contribution in [0.25, 0.3) is 0 Å². The van der Waals surface area contributed by atoms with Gasteiger partial charge in [-0.3, -0.25) is 0 Å². The summed E-state index contributed by atoms with van der Waals surface area (Å²) in [5, 5.41) is 10.7. The molecule has 0 saturated heterocycles. The third kappa shape index (κ3) is 1.32. The molecule has 0 N–H and O–H groups in total. The first-order chi connectivity index (χ1) is 5.54. The molecular formula is C8H12N2O2. The van der Waals surface area contributed by atoms with Crippen molar-refractivity contribution in [2.24, 2.45) is 7.05 Å². The average molecular weight is 168 g/mol. The van der Waals surface area contributed by atoms with Gasteiger partial charge in [-0.25, -0.2) is 9.13 Å². The average Bonchev–Trinajstić information content (AvgIpc) is 2.30. The van der Waals surface area contributed by atoms with E-state index >= 15 is 0 Å². The molecule has 12 heavy (non-hydrogen) atoms. The Labute approximate surface area is 71.1 Å². The lowest BCUT2D eigenvalue weighted by molar-refractivity contribution is -0.675. The lowest BCUT2D eigenvalue weighted by Gasteiger charge is -2.05. The summed E-state index contributed by atoms with van der Waals surface area (Å²) in [4.78, 5) is 10.7. The van der Waals surface area contributed by atoms with Crippen molar-refractivity contribution in [3.05, 3.63) is 18.2 Å². The number of imidazole rings is 1. The second-order valence-electron chi connectivity index (χ2n) is 3.02. The Morgan fingerprint density at radius 1 is 1.67 bits per heavy atom. The van der Waals surface area contributed by atoms with E-state index in [4.69, 9.17) is 0 Å². The fourth-order valence-corrected chi connectivity index (χ4v) is 1.16. The van der Waals surface area contributed by atoms with E-state index in [0.717, 1.165) is 0 Å². The minimum Gasteiger partial charge on any atom is -0.538 e. The Balaban J connectivity index is 3.21. The van der Waals surface area contributed by atoms with Crippen LogP contribution in [-0.4, -0.2) is 10.5 Å². The molecule has 1 heterocycles. The molecule has 0 saturated carbocycles. The molecule has 0 radical (unpaired) electrons.